The second-order valence-corrected chi connectivity index (χ2v) is 5.96. The van der Waals surface area contributed by atoms with E-state index in [4.69, 9.17) is 10.5 Å². The first-order chi connectivity index (χ1) is 9.15. The van der Waals surface area contributed by atoms with E-state index in [2.05, 4.69) is 6.92 Å². The monoisotopic (exact) mass is 285 g/mol. The molecule has 1 unspecified atom stereocenters. The van der Waals surface area contributed by atoms with Gasteiger partial charge >= 0.3 is 0 Å². The van der Waals surface area contributed by atoms with E-state index in [1.54, 1.807) is 0 Å². The average molecular weight is 285 g/mol. The lowest BCUT2D eigenvalue weighted by molar-refractivity contribution is 0.316. The van der Waals surface area contributed by atoms with Crippen molar-refractivity contribution >= 4 is 11.8 Å². The Hall–Kier alpha value is -0.740. The Balaban J connectivity index is 2.49. The van der Waals surface area contributed by atoms with Gasteiger partial charge in [-0.2, -0.15) is 11.8 Å². The molecule has 2 N–H and O–H groups in total. The van der Waals surface area contributed by atoms with E-state index in [1.165, 1.54) is 12.1 Å². The zero-order valence-corrected chi connectivity index (χ0v) is 12.6. The minimum Gasteiger partial charge on any atom is -0.493 e. The maximum Gasteiger partial charge on any atom is 0.127 e. The summed E-state index contributed by atoms with van der Waals surface area (Å²) >= 11 is 1.89. The molecule has 0 saturated heterocycles. The Morgan fingerprint density at radius 2 is 2.11 bits per heavy atom. The van der Waals surface area contributed by atoms with Crippen molar-refractivity contribution in [3.05, 3.63) is 29.6 Å². The number of ether oxygens (including phenoxy) is 1. The molecule has 0 bridgehead atoms. The summed E-state index contributed by atoms with van der Waals surface area (Å²) in [4.78, 5) is 0. The van der Waals surface area contributed by atoms with Crippen molar-refractivity contribution in [2.45, 2.75) is 39.2 Å². The van der Waals surface area contributed by atoms with Crippen LogP contribution in [0.5, 0.6) is 5.75 Å². The van der Waals surface area contributed by atoms with E-state index >= 15 is 0 Å². The van der Waals surface area contributed by atoms with Crippen LogP contribution in [-0.2, 0) is 6.42 Å². The Labute approximate surface area is 119 Å². The largest absolute Gasteiger partial charge is 0.493 e. The highest BCUT2D eigenvalue weighted by atomic mass is 32.2. The SMILES string of the molecule is CCSCCCOc1cc(F)cc(CC(N)CC)c1. The molecule has 0 fully saturated rings. The number of hydrogen-bond donors (Lipinski definition) is 1. The molecule has 0 aliphatic carbocycles. The molecule has 0 aliphatic heterocycles. The molecule has 19 heavy (non-hydrogen) atoms. The molecule has 4 heteroatoms. The number of nitrogens with two attached hydrogens (primary N) is 1. The summed E-state index contributed by atoms with van der Waals surface area (Å²) < 4.78 is 19.1. The third kappa shape index (κ3) is 6.83. The Morgan fingerprint density at radius 3 is 2.79 bits per heavy atom. The van der Waals surface area contributed by atoms with Crippen molar-refractivity contribution in [1.82, 2.24) is 0 Å². The Kier molecular flexibility index (Phi) is 7.91. The fourth-order valence-corrected chi connectivity index (χ4v) is 2.38. The van der Waals surface area contributed by atoms with Gasteiger partial charge in [-0.05, 0) is 48.5 Å². The van der Waals surface area contributed by atoms with Crippen molar-refractivity contribution in [2.75, 3.05) is 18.1 Å². The third-order valence-electron chi connectivity index (χ3n) is 2.86. The van der Waals surface area contributed by atoms with E-state index in [9.17, 15) is 4.39 Å². The highest BCUT2D eigenvalue weighted by Crippen LogP contribution is 2.18. The summed E-state index contributed by atoms with van der Waals surface area (Å²) in [5.74, 6) is 2.57. The summed E-state index contributed by atoms with van der Waals surface area (Å²) in [5.41, 5.74) is 6.80. The minimum absolute atomic E-state index is 0.0793. The maximum absolute atomic E-state index is 13.5. The van der Waals surface area contributed by atoms with Crippen molar-refractivity contribution in [3.8, 4) is 5.75 Å². The molecule has 1 aromatic carbocycles. The average Bonchev–Trinajstić information content (AvgIpc) is 2.37. The fourth-order valence-electron chi connectivity index (χ4n) is 1.76. The quantitative estimate of drug-likeness (QED) is 0.704. The number of thioether (sulfide) groups is 1. The van der Waals surface area contributed by atoms with Crippen LogP contribution in [0.15, 0.2) is 18.2 Å². The normalized spacial score (nSPS) is 12.4. The van der Waals surface area contributed by atoms with Gasteiger partial charge in [-0.15, -0.1) is 0 Å². The topological polar surface area (TPSA) is 35.2 Å². The van der Waals surface area contributed by atoms with Gasteiger partial charge in [-0.1, -0.05) is 13.8 Å². The van der Waals surface area contributed by atoms with Crippen LogP contribution in [0, 0.1) is 5.82 Å². The number of rotatable bonds is 9. The molecule has 108 valence electrons. The van der Waals surface area contributed by atoms with Crippen LogP contribution in [0.4, 0.5) is 4.39 Å². The lowest BCUT2D eigenvalue weighted by atomic mass is 10.0. The molecule has 0 radical (unpaired) electrons. The Morgan fingerprint density at radius 1 is 1.32 bits per heavy atom. The molecule has 2 nitrogen and oxygen atoms in total. The Bertz CT molecular complexity index is 373. The van der Waals surface area contributed by atoms with Crippen LogP contribution in [0.3, 0.4) is 0 Å². The maximum atomic E-state index is 13.5. The highest BCUT2D eigenvalue weighted by molar-refractivity contribution is 7.99. The third-order valence-corrected chi connectivity index (χ3v) is 3.84. The zero-order chi connectivity index (χ0) is 14.1. The molecular formula is C15H24FNOS. The number of benzene rings is 1. The molecule has 0 aliphatic rings. The molecule has 0 aromatic heterocycles. The predicted octanol–water partition coefficient (Wildman–Crippen LogP) is 3.63. The van der Waals surface area contributed by atoms with Gasteiger partial charge in [0.15, 0.2) is 0 Å². The molecule has 1 aromatic rings. The molecule has 0 spiro atoms. The van der Waals surface area contributed by atoms with Crippen LogP contribution >= 0.6 is 11.8 Å². The molecule has 0 amide bonds. The molecule has 0 heterocycles. The van der Waals surface area contributed by atoms with E-state index < -0.39 is 0 Å². The van der Waals surface area contributed by atoms with Crippen molar-refractivity contribution < 1.29 is 9.13 Å². The van der Waals surface area contributed by atoms with Gasteiger partial charge < -0.3 is 10.5 Å². The van der Waals surface area contributed by atoms with Gasteiger partial charge in [0.2, 0.25) is 0 Å². The van der Waals surface area contributed by atoms with Crippen molar-refractivity contribution in [1.29, 1.82) is 0 Å². The summed E-state index contributed by atoms with van der Waals surface area (Å²) in [6.07, 6.45) is 2.57. The molecule has 0 saturated carbocycles. The van der Waals surface area contributed by atoms with E-state index in [1.807, 2.05) is 24.8 Å². The first-order valence-corrected chi connectivity index (χ1v) is 8.06. The predicted molar refractivity (Wildman–Crippen MR) is 81.5 cm³/mol. The van der Waals surface area contributed by atoms with E-state index in [0.717, 1.165) is 29.9 Å². The molecule has 1 rings (SSSR count). The van der Waals surface area contributed by atoms with Gasteiger partial charge in [0.05, 0.1) is 6.61 Å². The second-order valence-electron chi connectivity index (χ2n) is 4.57. The lowest BCUT2D eigenvalue weighted by Gasteiger charge is -2.11. The van der Waals surface area contributed by atoms with Gasteiger partial charge in [0.25, 0.3) is 0 Å². The highest BCUT2D eigenvalue weighted by Gasteiger charge is 2.06. The van der Waals surface area contributed by atoms with Gasteiger partial charge in [-0.25, -0.2) is 4.39 Å². The summed E-state index contributed by atoms with van der Waals surface area (Å²) in [7, 11) is 0. The standard InChI is InChI=1S/C15H24FNOS/c1-3-14(17)9-12-8-13(16)11-15(10-12)18-6-5-7-19-4-2/h8,10-11,14H,3-7,9,17H2,1-2H3. The summed E-state index contributed by atoms with van der Waals surface area (Å²) in [6.45, 7) is 4.81. The first-order valence-electron chi connectivity index (χ1n) is 6.91. The van der Waals surface area contributed by atoms with E-state index in [0.29, 0.717) is 18.8 Å². The summed E-state index contributed by atoms with van der Waals surface area (Å²) in [6, 6.07) is 4.95. The van der Waals surface area contributed by atoms with Crippen LogP contribution in [0.2, 0.25) is 0 Å². The minimum atomic E-state index is -0.251. The second kappa shape index (κ2) is 9.21. The molecule has 1 atom stereocenters. The van der Waals surface area contributed by atoms with Gasteiger partial charge in [-0.3, -0.25) is 0 Å². The lowest BCUT2D eigenvalue weighted by Crippen LogP contribution is -2.21. The van der Waals surface area contributed by atoms with Crippen LogP contribution in [0.25, 0.3) is 0 Å². The van der Waals surface area contributed by atoms with Crippen LogP contribution < -0.4 is 10.5 Å². The van der Waals surface area contributed by atoms with Crippen LogP contribution in [-0.4, -0.2) is 24.2 Å². The van der Waals surface area contributed by atoms with Crippen molar-refractivity contribution in [2.24, 2.45) is 5.73 Å². The summed E-state index contributed by atoms with van der Waals surface area (Å²) in [5, 5.41) is 0. The van der Waals surface area contributed by atoms with Gasteiger partial charge in [0, 0.05) is 12.1 Å². The number of hydrogen-bond acceptors (Lipinski definition) is 3. The fraction of sp³-hybridized carbons (Fsp3) is 0.600. The van der Waals surface area contributed by atoms with Gasteiger partial charge in [0.1, 0.15) is 11.6 Å². The zero-order valence-electron chi connectivity index (χ0n) is 11.8. The smallest absolute Gasteiger partial charge is 0.127 e. The number of halogens is 1. The van der Waals surface area contributed by atoms with Crippen LogP contribution in [0.1, 0.15) is 32.3 Å². The van der Waals surface area contributed by atoms with E-state index in [-0.39, 0.29) is 11.9 Å². The molecular weight excluding hydrogens is 261 g/mol. The van der Waals surface area contributed by atoms with Crippen molar-refractivity contribution in [3.63, 3.8) is 0 Å². The first kappa shape index (κ1) is 16.3.